The van der Waals surface area contributed by atoms with Gasteiger partial charge in [0.15, 0.2) is 22.8 Å². The van der Waals surface area contributed by atoms with E-state index < -0.39 is 52.6 Å². The van der Waals surface area contributed by atoms with Gasteiger partial charge in [-0.3, -0.25) is 9.59 Å². The molecule has 2 fully saturated rings. The zero-order chi connectivity index (χ0) is 34.3. The zero-order valence-corrected chi connectivity index (χ0v) is 28.2. The van der Waals surface area contributed by atoms with Crippen molar-refractivity contribution in [1.29, 1.82) is 0 Å². The van der Waals surface area contributed by atoms with Crippen LogP contribution in [0, 0.1) is 11.8 Å². The Morgan fingerprint density at radius 3 is 2.36 bits per heavy atom. The summed E-state index contributed by atoms with van der Waals surface area (Å²) in [6.07, 6.45) is 12.8. The maximum Gasteiger partial charge on any atom is 0.333 e. The van der Waals surface area contributed by atoms with Crippen molar-refractivity contribution in [1.82, 2.24) is 0 Å². The molecule has 3 N–H and O–H groups in total. The molecule has 1 saturated carbocycles. The van der Waals surface area contributed by atoms with E-state index in [-0.39, 0.29) is 40.4 Å². The van der Waals surface area contributed by atoms with E-state index in [0.29, 0.717) is 36.1 Å². The highest BCUT2D eigenvalue weighted by atomic mass is 16.6. The van der Waals surface area contributed by atoms with Crippen molar-refractivity contribution < 1.29 is 43.9 Å². The summed E-state index contributed by atoms with van der Waals surface area (Å²) in [5.41, 5.74) is -1.79. The number of ketones is 2. The van der Waals surface area contributed by atoms with Crippen LogP contribution in [0.4, 0.5) is 0 Å². The predicted octanol–water partition coefficient (Wildman–Crippen LogP) is 6.21. The number of carboxylic acid groups (broad SMARTS) is 1. The average Bonchev–Trinajstić information content (AvgIpc) is 3.13. The molecule has 7 rings (SSSR count). The first kappa shape index (κ1) is 33.0. The number of carbonyl (C=O) groups is 3. The number of rotatable bonds is 9. The van der Waals surface area contributed by atoms with Crippen LogP contribution in [-0.4, -0.2) is 61.9 Å². The smallest absolute Gasteiger partial charge is 0.333 e. The molecule has 9 nitrogen and oxygen atoms in total. The number of phenolic OH excluding ortho intramolecular Hbond substituents is 1. The van der Waals surface area contributed by atoms with Crippen LogP contribution in [0.5, 0.6) is 17.2 Å². The van der Waals surface area contributed by atoms with Crippen LogP contribution in [0.1, 0.15) is 95.6 Å². The lowest BCUT2D eigenvalue weighted by molar-refractivity contribution is -0.171. The van der Waals surface area contributed by atoms with E-state index >= 15 is 0 Å². The number of fused-ring (bicyclic) bond motifs is 2. The SMILES string of the molecule is CC(C)=CCC[C@@]1(C)C=Cc2c(O)c3c(c(CC=C(C)C)c2O1)O[C@]12C(=C[C@@H]4CC1C(C)(C)O[C@@]2(CC=C(CO)C(=O)O)C4=O)C3=O. The van der Waals surface area contributed by atoms with E-state index in [1.807, 2.05) is 66.7 Å². The first-order valence-electron chi connectivity index (χ1n) is 16.3. The van der Waals surface area contributed by atoms with Gasteiger partial charge >= 0.3 is 5.97 Å². The Balaban J connectivity index is 1.59. The first-order chi connectivity index (χ1) is 22.0. The van der Waals surface area contributed by atoms with Gasteiger partial charge in [-0.05, 0) is 86.3 Å². The van der Waals surface area contributed by atoms with Crippen molar-refractivity contribution in [3.05, 3.63) is 69.4 Å². The molecule has 250 valence electrons. The average molecular weight is 645 g/mol. The van der Waals surface area contributed by atoms with Gasteiger partial charge in [-0.2, -0.15) is 0 Å². The van der Waals surface area contributed by atoms with Crippen LogP contribution < -0.4 is 9.47 Å². The highest BCUT2D eigenvalue weighted by Crippen LogP contribution is 2.68. The summed E-state index contributed by atoms with van der Waals surface area (Å²) in [6.45, 7) is 13.0. The molecule has 6 aliphatic rings. The Morgan fingerprint density at radius 1 is 1.02 bits per heavy atom. The molecule has 0 amide bonds. The number of hydrogen-bond acceptors (Lipinski definition) is 8. The van der Waals surface area contributed by atoms with E-state index in [2.05, 4.69) is 6.08 Å². The summed E-state index contributed by atoms with van der Waals surface area (Å²) in [6, 6.07) is 0. The van der Waals surface area contributed by atoms with E-state index in [1.54, 1.807) is 6.08 Å². The van der Waals surface area contributed by atoms with Gasteiger partial charge in [0.25, 0.3) is 0 Å². The molecule has 1 unspecified atom stereocenters. The number of phenols is 1. The maximum atomic E-state index is 14.7. The van der Waals surface area contributed by atoms with Crippen LogP contribution in [-0.2, 0) is 20.7 Å². The lowest BCUT2D eigenvalue weighted by Crippen LogP contribution is -2.72. The molecule has 0 radical (unpaired) electrons. The summed E-state index contributed by atoms with van der Waals surface area (Å²) >= 11 is 0. The number of benzene rings is 1. The quantitative estimate of drug-likeness (QED) is 0.211. The lowest BCUT2D eigenvalue weighted by Gasteiger charge is -2.56. The third-order valence-corrected chi connectivity index (χ3v) is 10.5. The Kier molecular flexibility index (Phi) is 7.76. The number of Topliss-reactive ketones (excluding diaryl/α,β-unsaturated/α-hetero) is 2. The topological polar surface area (TPSA) is 140 Å². The molecule has 47 heavy (non-hydrogen) atoms. The number of aliphatic hydroxyl groups excluding tert-OH is 1. The number of allylic oxidation sites excluding steroid dienone is 5. The third kappa shape index (κ3) is 4.76. The van der Waals surface area contributed by atoms with E-state index in [4.69, 9.17) is 14.2 Å². The monoisotopic (exact) mass is 644 g/mol. The molecule has 5 atom stereocenters. The Bertz CT molecular complexity index is 1750. The maximum absolute atomic E-state index is 14.7. The predicted molar refractivity (Wildman–Crippen MR) is 176 cm³/mol. The van der Waals surface area contributed by atoms with Crippen LogP contribution in [0.25, 0.3) is 6.08 Å². The van der Waals surface area contributed by atoms with Crippen LogP contribution in [0.15, 0.2) is 52.7 Å². The Labute approximate surface area is 275 Å². The van der Waals surface area contributed by atoms with Crippen LogP contribution >= 0.6 is 0 Å². The molecule has 1 aromatic rings. The van der Waals surface area contributed by atoms with Crippen molar-refractivity contribution in [2.75, 3.05) is 6.61 Å². The fourth-order valence-corrected chi connectivity index (χ4v) is 8.27. The minimum Gasteiger partial charge on any atom is -0.506 e. The number of carboxylic acids is 1. The van der Waals surface area contributed by atoms with Crippen molar-refractivity contribution in [3.63, 3.8) is 0 Å². The highest BCUT2D eigenvalue weighted by Gasteiger charge is 2.81. The minimum absolute atomic E-state index is 0.0173. The summed E-state index contributed by atoms with van der Waals surface area (Å²) in [4.78, 5) is 40.9. The molecule has 3 heterocycles. The van der Waals surface area contributed by atoms with E-state index in [0.717, 1.165) is 12.0 Å². The molecule has 0 aromatic heterocycles. The standard InChI is InChI=1S/C38H44O9/c1-20(2)9-8-14-36(7)15-13-24-29(40)28-30(41)26-17-23-18-27-35(5,6)47-37(33(23)42,16-12-22(19-39)34(43)44)38(26,27)46-32(28)25(31(24)45-36)11-10-21(3)4/h9-10,12-13,15,17,23,27,39-40H,8,11,14,16,18-19H2,1-7H3,(H,43,44)/t23-,27?,36+,37+,38-/m1/s1. The molecule has 3 aliphatic heterocycles. The summed E-state index contributed by atoms with van der Waals surface area (Å²) in [5, 5.41) is 31.2. The molecular formula is C38H44O9. The normalized spacial score (nSPS) is 30.8. The molecule has 3 aliphatic carbocycles. The van der Waals surface area contributed by atoms with Gasteiger partial charge in [-0.1, -0.05) is 35.5 Å². The van der Waals surface area contributed by atoms with Gasteiger partial charge in [0.1, 0.15) is 28.4 Å². The number of hydrogen-bond donors (Lipinski definition) is 3. The third-order valence-electron chi connectivity index (χ3n) is 10.5. The second-order valence-corrected chi connectivity index (χ2v) is 14.8. The largest absolute Gasteiger partial charge is 0.506 e. The summed E-state index contributed by atoms with van der Waals surface area (Å²) in [7, 11) is 0. The number of aliphatic hydroxyl groups is 1. The van der Waals surface area contributed by atoms with Gasteiger partial charge in [-0.25, -0.2) is 4.79 Å². The van der Waals surface area contributed by atoms with Gasteiger partial charge in [0, 0.05) is 29.4 Å². The van der Waals surface area contributed by atoms with Crippen LogP contribution in [0.2, 0.25) is 0 Å². The van der Waals surface area contributed by atoms with Gasteiger partial charge in [0.05, 0.1) is 23.3 Å². The van der Waals surface area contributed by atoms with Gasteiger partial charge < -0.3 is 29.5 Å². The second kappa shape index (κ2) is 11.1. The van der Waals surface area contributed by atoms with Crippen LogP contribution in [0.3, 0.4) is 0 Å². The number of carbonyl (C=O) groups excluding carboxylic acids is 2. The number of ether oxygens (including phenoxy) is 3. The minimum atomic E-state index is -1.74. The Morgan fingerprint density at radius 2 is 1.72 bits per heavy atom. The van der Waals surface area contributed by atoms with E-state index in [1.165, 1.54) is 11.6 Å². The molecule has 4 bridgehead atoms. The lowest BCUT2D eigenvalue weighted by atomic mass is 9.51. The second-order valence-electron chi connectivity index (χ2n) is 14.8. The molecule has 1 aromatic carbocycles. The van der Waals surface area contributed by atoms with E-state index in [9.17, 15) is 29.7 Å². The molecule has 1 spiro atoms. The molecule has 9 heteroatoms. The summed E-state index contributed by atoms with van der Waals surface area (Å²) < 4.78 is 20.5. The summed E-state index contributed by atoms with van der Waals surface area (Å²) in [5.74, 6) is -2.84. The van der Waals surface area contributed by atoms with Gasteiger partial charge in [0.2, 0.25) is 0 Å². The number of aliphatic carboxylic acids is 1. The number of aromatic hydroxyl groups is 1. The fourth-order valence-electron chi connectivity index (χ4n) is 8.27. The Hall–Kier alpha value is -3.95. The van der Waals surface area contributed by atoms with Crippen molar-refractivity contribution in [2.24, 2.45) is 11.8 Å². The molecule has 1 saturated heterocycles. The van der Waals surface area contributed by atoms with Crippen molar-refractivity contribution in [2.45, 2.75) is 103 Å². The highest BCUT2D eigenvalue weighted by molar-refractivity contribution is 6.19. The zero-order valence-electron chi connectivity index (χ0n) is 28.2. The van der Waals surface area contributed by atoms with Crippen molar-refractivity contribution in [3.8, 4) is 17.2 Å². The van der Waals surface area contributed by atoms with Crippen molar-refractivity contribution >= 4 is 23.6 Å². The fraction of sp³-hybridized carbons (Fsp3) is 0.500. The first-order valence-corrected chi connectivity index (χ1v) is 16.3. The molecular weight excluding hydrogens is 600 g/mol. The van der Waals surface area contributed by atoms with Gasteiger partial charge in [-0.15, -0.1) is 0 Å².